The van der Waals surface area contributed by atoms with Gasteiger partial charge in [0.15, 0.2) is 6.61 Å². The highest BCUT2D eigenvalue weighted by Crippen LogP contribution is 2.33. The number of benzene rings is 2. The number of carbonyl (C=O) groups excluding carboxylic acids is 3. The smallest absolute Gasteiger partial charge is 0.338 e. The monoisotopic (exact) mass is 578 g/mol. The third kappa shape index (κ3) is 6.08. The van der Waals surface area contributed by atoms with Crippen LogP contribution in [0, 0.1) is 6.92 Å². The molecule has 214 valence electrons. The van der Waals surface area contributed by atoms with Gasteiger partial charge < -0.3 is 14.1 Å². The second-order valence-corrected chi connectivity index (χ2v) is 11.8. The van der Waals surface area contributed by atoms with Crippen molar-refractivity contribution in [2.75, 3.05) is 32.8 Å². The number of hydrogen-bond donors (Lipinski definition) is 0. The number of hydrazone groups is 1. The molecule has 0 saturated carbocycles. The van der Waals surface area contributed by atoms with Gasteiger partial charge in [0, 0.05) is 39.5 Å². The number of aryl methyl sites for hydroxylation is 1. The lowest BCUT2D eigenvalue weighted by Crippen LogP contribution is -2.49. The SMILES string of the molecule is CC(=O)N1CCN(S(=O)(=O)c2cccc(C(=O)OCC(=O)N3N=C(c4ccc(C)cc4)C[C@@H]3c3ccco3)c2)CC1. The third-order valence-electron chi connectivity index (χ3n) is 7.14. The minimum atomic E-state index is -3.89. The Hall–Kier alpha value is -4.29. The fourth-order valence-corrected chi connectivity index (χ4v) is 6.28. The quantitative estimate of drug-likeness (QED) is 0.394. The highest BCUT2D eigenvalue weighted by Gasteiger charge is 2.35. The lowest BCUT2D eigenvalue weighted by molar-refractivity contribution is -0.136. The summed E-state index contributed by atoms with van der Waals surface area (Å²) in [6.45, 7) is 3.73. The van der Waals surface area contributed by atoms with Crippen molar-refractivity contribution < 1.29 is 32.0 Å². The Morgan fingerprint density at radius 1 is 1.00 bits per heavy atom. The van der Waals surface area contributed by atoms with Gasteiger partial charge in [-0.15, -0.1) is 0 Å². The molecular formula is C29H30N4O7S. The van der Waals surface area contributed by atoms with Gasteiger partial charge in [0.2, 0.25) is 15.9 Å². The molecule has 0 radical (unpaired) electrons. The Balaban J connectivity index is 1.27. The molecule has 0 N–H and O–H groups in total. The van der Waals surface area contributed by atoms with E-state index in [4.69, 9.17) is 9.15 Å². The molecule has 12 heteroatoms. The first-order chi connectivity index (χ1) is 19.6. The molecule has 5 rings (SSSR count). The van der Waals surface area contributed by atoms with Crippen LogP contribution in [-0.4, -0.2) is 78.9 Å². The van der Waals surface area contributed by atoms with E-state index in [-0.39, 0.29) is 29.5 Å². The van der Waals surface area contributed by atoms with Crippen LogP contribution in [0.2, 0.25) is 0 Å². The first-order valence-corrected chi connectivity index (χ1v) is 14.6. The summed E-state index contributed by atoms with van der Waals surface area (Å²) >= 11 is 0. The molecule has 1 atom stereocenters. The van der Waals surface area contributed by atoms with Crippen molar-refractivity contribution >= 4 is 33.5 Å². The molecule has 2 amide bonds. The molecule has 2 aliphatic heterocycles. The van der Waals surface area contributed by atoms with Crippen molar-refractivity contribution in [3.63, 3.8) is 0 Å². The maximum atomic E-state index is 13.2. The third-order valence-corrected chi connectivity index (χ3v) is 9.04. The van der Waals surface area contributed by atoms with E-state index in [0.717, 1.165) is 11.1 Å². The highest BCUT2D eigenvalue weighted by atomic mass is 32.2. The summed E-state index contributed by atoms with van der Waals surface area (Å²) in [5.41, 5.74) is 2.67. The zero-order valence-corrected chi connectivity index (χ0v) is 23.5. The average molecular weight is 579 g/mol. The summed E-state index contributed by atoms with van der Waals surface area (Å²) < 4.78 is 38.5. The van der Waals surface area contributed by atoms with Crippen molar-refractivity contribution in [1.29, 1.82) is 0 Å². The molecule has 0 unspecified atom stereocenters. The Labute approximate surface area is 238 Å². The van der Waals surface area contributed by atoms with Gasteiger partial charge in [-0.2, -0.15) is 9.41 Å². The first kappa shape index (κ1) is 28.2. The summed E-state index contributed by atoms with van der Waals surface area (Å²) in [6, 6.07) is 16.3. The van der Waals surface area contributed by atoms with Crippen molar-refractivity contribution in [2.24, 2.45) is 5.10 Å². The highest BCUT2D eigenvalue weighted by molar-refractivity contribution is 7.89. The Morgan fingerprint density at radius 3 is 2.39 bits per heavy atom. The lowest BCUT2D eigenvalue weighted by atomic mass is 10.0. The average Bonchev–Trinajstić information content (AvgIpc) is 3.67. The van der Waals surface area contributed by atoms with Gasteiger partial charge in [-0.1, -0.05) is 35.9 Å². The fourth-order valence-electron chi connectivity index (χ4n) is 4.82. The molecule has 41 heavy (non-hydrogen) atoms. The maximum absolute atomic E-state index is 13.2. The lowest BCUT2D eigenvalue weighted by Gasteiger charge is -2.33. The van der Waals surface area contributed by atoms with Crippen LogP contribution < -0.4 is 0 Å². The number of ether oxygens (including phenoxy) is 1. The zero-order valence-electron chi connectivity index (χ0n) is 22.7. The molecule has 11 nitrogen and oxygen atoms in total. The van der Waals surface area contributed by atoms with E-state index in [1.54, 1.807) is 17.0 Å². The van der Waals surface area contributed by atoms with Crippen LogP contribution in [0.3, 0.4) is 0 Å². The fraction of sp³-hybridized carbons (Fsp3) is 0.310. The minimum Gasteiger partial charge on any atom is -0.467 e. The van der Waals surface area contributed by atoms with Gasteiger partial charge >= 0.3 is 5.97 Å². The summed E-state index contributed by atoms with van der Waals surface area (Å²) in [6.07, 6.45) is 1.95. The number of carbonyl (C=O) groups is 3. The number of rotatable bonds is 7. The van der Waals surface area contributed by atoms with Gasteiger partial charge in [0.25, 0.3) is 5.91 Å². The van der Waals surface area contributed by atoms with Crippen molar-refractivity contribution in [2.45, 2.75) is 31.2 Å². The minimum absolute atomic E-state index is 0.00546. The number of esters is 1. The summed E-state index contributed by atoms with van der Waals surface area (Å²) in [5, 5.41) is 5.80. The topological polar surface area (TPSA) is 130 Å². The molecule has 1 fully saturated rings. The van der Waals surface area contributed by atoms with E-state index in [2.05, 4.69) is 5.10 Å². The van der Waals surface area contributed by atoms with Crippen LogP contribution in [0.5, 0.6) is 0 Å². The number of sulfonamides is 1. The molecule has 3 heterocycles. The molecular weight excluding hydrogens is 548 g/mol. The Kier molecular flexibility index (Phi) is 8.04. The number of furan rings is 1. The van der Waals surface area contributed by atoms with E-state index in [0.29, 0.717) is 31.0 Å². The standard InChI is InChI=1S/C29H30N4O7S/c1-20-8-10-22(11-9-20)25-18-26(27-7-4-16-39-27)33(30-25)28(35)19-40-29(36)23-5-3-6-24(17-23)41(37,38)32-14-12-31(13-15-32)21(2)34/h3-11,16-17,26H,12-15,18-19H2,1-2H3/t26-/m1/s1. The van der Waals surface area contributed by atoms with Crippen LogP contribution in [0.25, 0.3) is 0 Å². The van der Waals surface area contributed by atoms with E-state index in [1.165, 1.54) is 46.8 Å². The maximum Gasteiger partial charge on any atom is 0.338 e. The van der Waals surface area contributed by atoms with Crippen LogP contribution >= 0.6 is 0 Å². The van der Waals surface area contributed by atoms with Crippen molar-refractivity contribution in [1.82, 2.24) is 14.2 Å². The molecule has 1 saturated heterocycles. The molecule has 3 aromatic rings. The van der Waals surface area contributed by atoms with Gasteiger partial charge in [-0.05, 0) is 42.8 Å². The van der Waals surface area contributed by atoms with Gasteiger partial charge in [-0.25, -0.2) is 18.2 Å². The molecule has 0 aliphatic carbocycles. The Morgan fingerprint density at radius 2 is 1.73 bits per heavy atom. The summed E-state index contributed by atoms with van der Waals surface area (Å²) in [4.78, 5) is 39.2. The number of amides is 2. The van der Waals surface area contributed by atoms with Crippen molar-refractivity contribution in [3.05, 3.63) is 89.4 Å². The van der Waals surface area contributed by atoms with E-state index >= 15 is 0 Å². The normalized spacial score (nSPS) is 17.8. The van der Waals surface area contributed by atoms with Crippen LogP contribution in [0.15, 0.2) is 81.3 Å². The number of piperazine rings is 1. The van der Waals surface area contributed by atoms with Crippen LogP contribution in [0.4, 0.5) is 0 Å². The van der Waals surface area contributed by atoms with Gasteiger partial charge in [-0.3, -0.25) is 9.59 Å². The van der Waals surface area contributed by atoms with Crippen LogP contribution in [0.1, 0.15) is 46.6 Å². The summed E-state index contributed by atoms with van der Waals surface area (Å²) in [5.74, 6) is -0.942. The molecule has 2 aromatic carbocycles. The Bertz CT molecular complexity index is 1580. The largest absolute Gasteiger partial charge is 0.467 e. The first-order valence-electron chi connectivity index (χ1n) is 13.2. The molecule has 0 spiro atoms. The predicted octanol–water partition coefficient (Wildman–Crippen LogP) is 2.98. The van der Waals surface area contributed by atoms with E-state index in [9.17, 15) is 22.8 Å². The molecule has 0 bridgehead atoms. The zero-order chi connectivity index (χ0) is 29.1. The van der Waals surface area contributed by atoms with Gasteiger partial charge in [0.1, 0.15) is 11.8 Å². The number of nitrogens with zero attached hydrogens (tertiary/aromatic N) is 4. The predicted molar refractivity (Wildman–Crippen MR) is 148 cm³/mol. The van der Waals surface area contributed by atoms with E-state index in [1.807, 2.05) is 31.2 Å². The van der Waals surface area contributed by atoms with E-state index < -0.39 is 34.5 Å². The summed E-state index contributed by atoms with van der Waals surface area (Å²) in [7, 11) is -3.89. The van der Waals surface area contributed by atoms with Crippen LogP contribution in [-0.2, 0) is 24.3 Å². The molecule has 1 aromatic heterocycles. The number of hydrogen-bond acceptors (Lipinski definition) is 8. The second kappa shape index (κ2) is 11.7. The molecule has 2 aliphatic rings. The van der Waals surface area contributed by atoms with Gasteiger partial charge in [0.05, 0.1) is 22.4 Å². The second-order valence-electron chi connectivity index (χ2n) is 9.90. The van der Waals surface area contributed by atoms with Crippen molar-refractivity contribution in [3.8, 4) is 0 Å².